The van der Waals surface area contributed by atoms with E-state index < -0.39 is 0 Å². The van der Waals surface area contributed by atoms with E-state index >= 15 is 0 Å². The van der Waals surface area contributed by atoms with E-state index in [1.807, 2.05) is 53.4 Å². The maximum absolute atomic E-state index is 12.4. The Bertz CT molecular complexity index is 867. The van der Waals surface area contributed by atoms with E-state index in [9.17, 15) is 4.79 Å². The zero-order valence-corrected chi connectivity index (χ0v) is 14.1. The average Bonchev–Trinajstić information content (AvgIpc) is 3.31. The normalized spacial score (nSPS) is 14.2. The SMILES string of the molecule is O=C(Cc1[nH]nc2ccc(OCc3ccccc3)cc12)N1CCCC1. The molecule has 0 bridgehead atoms. The molecule has 2 aromatic carbocycles. The van der Waals surface area contributed by atoms with Crippen LogP contribution in [0.3, 0.4) is 0 Å². The number of nitrogens with zero attached hydrogens (tertiary/aromatic N) is 2. The fraction of sp³-hybridized carbons (Fsp3) is 0.300. The first kappa shape index (κ1) is 15.7. The first-order chi connectivity index (χ1) is 12.3. The second-order valence-corrected chi connectivity index (χ2v) is 6.42. The molecular formula is C20H21N3O2. The van der Waals surface area contributed by atoms with Gasteiger partial charge in [0, 0.05) is 18.5 Å². The number of rotatable bonds is 5. The summed E-state index contributed by atoms with van der Waals surface area (Å²) in [5.41, 5.74) is 2.84. The maximum atomic E-state index is 12.4. The van der Waals surface area contributed by atoms with Gasteiger partial charge in [0.25, 0.3) is 0 Å². The molecule has 2 heterocycles. The topological polar surface area (TPSA) is 58.2 Å². The molecule has 1 aliphatic heterocycles. The lowest BCUT2D eigenvalue weighted by atomic mass is 10.1. The maximum Gasteiger partial charge on any atom is 0.228 e. The third-order valence-electron chi connectivity index (χ3n) is 4.64. The number of H-pyrrole nitrogens is 1. The Morgan fingerprint density at radius 3 is 2.72 bits per heavy atom. The second kappa shape index (κ2) is 6.97. The number of hydrogen-bond acceptors (Lipinski definition) is 3. The van der Waals surface area contributed by atoms with Crippen LogP contribution in [0, 0.1) is 0 Å². The summed E-state index contributed by atoms with van der Waals surface area (Å²) in [6.07, 6.45) is 2.57. The van der Waals surface area contributed by atoms with E-state index in [0.29, 0.717) is 13.0 Å². The Hall–Kier alpha value is -2.82. The molecule has 0 atom stereocenters. The third-order valence-corrected chi connectivity index (χ3v) is 4.64. The standard InChI is InChI=1S/C20H21N3O2/c24-20(23-10-4-5-11-23)13-19-17-12-16(8-9-18(17)21-22-19)25-14-15-6-2-1-3-7-15/h1-3,6-9,12H,4-5,10-11,13-14H2,(H,21,22). The van der Waals surface area contributed by atoms with Gasteiger partial charge in [0.2, 0.25) is 5.91 Å². The predicted octanol–water partition coefficient (Wildman–Crippen LogP) is 3.31. The fourth-order valence-electron chi connectivity index (χ4n) is 3.24. The second-order valence-electron chi connectivity index (χ2n) is 6.42. The van der Waals surface area contributed by atoms with Crippen molar-refractivity contribution in [1.29, 1.82) is 0 Å². The molecule has 128 valence electrons. The minimum atomic E-state index is 0.165. The highest BCUT2D eigenvalue weighted by atomic mass is 16.5. The van der Waals surface area contributed by atoms with E-state index in [4.69, 9.17) is 4.74 Å². The molecule has 3 aromatic rings. The average molecular weight is 335 g/mol. The first-order valence-corrected chi connectivity index (χ1v) is 8.71. The van der Waals surface area contributed by atoms with Crippen LogP contribution in [0.4, 0.5) is 0 Å². The number of ether oxygens (including phenoxy) is 1. The lowest BCUT2D eigenvalue weighted by Gasteiger charge is -2.14. The van der Waals surface area contributed by atoms with Gasteiger partial charge in [-0.1, -0.05) is 30.3 Å². The van der Waals surface area contributed by atoms with Gasteiger partial charge < -0.3 is 9.64 Å². The molecule has 0 spiro atoms. The molecule has 1 aromatic heterocycles. The Kier molecular flexibility index (Phi) is 4.37. The number of likely N-dealkylation sites (tertiary alicyclic amines) is 1. The Morgan fingerprint density at radius 1 is 1.12 bits per heavy atom. The molecule has 4 rings (SSSR count). The van der Waals surface area contributed by atoms with Crippen LogP contribution in [0.1, 0.15) is 24.1 Å². The minimum Gasteiger partial charge on any atom is -0.489 e. The van der Waals surface area contributed by atoms with Crippen molar-refractivity contribution < 1.29 is 9.53 Å². The van der Waals surface area contributed by atoms with Crippen LogP contribution in [0.25, 0.3) is 10.9 Å². The molecule has 5 nitrogen and oxygen atoms in total. The van der Waals surface area contributed by atoms with E-state index in [-0.39, 0.29) is 5.91 Å². The third kappa shape index (κ3) is 3.50. The molecule has 25 heavy (non-hydrogen) atoms. The van der Waals surface area contributed by atoms with Gasteiger partial charge >= 0.3 is 0 Å². The zero-order valence-electron chi connectivity index (χ0n) is 14.1. The molecule has 1 aliphatic rings. The summed E-state index contributed by atoms with van der Waals surface area (Å²) in [5.74, 6) is 0.950. The number of hydrogen-bond donors (Lipinski definition) is 1. The van der Waals surface area contributed by atoms with Crippen molar-refractivity contribution >= 4 is 16.8 Å². The van der Waals surface area contributed by atoms with Gasteiger partial charge in [-0.3, -0.25) is 9.89 Å². The van der Waals surface area contributed by atoms with Crippen molar-refractivity contribution in [3.05, 3.63) is 59.8 Å². The van der Waals surface area contributed by atoms with Gasteiger partial charge in [-0.2, -0.15) is 5.10 Å². The number of fused-ring (bicyclic) bond motifs is 1. The lowest BCUT2D eigenvalue weighted by molar-refractivity contribution is -0.129. The summed E-state index contributed by atoms with van der Waals surface area (Å²) < 4.78 is 5.89. The van der Waals surface area contributed by atoms with Gasteiger partial charge in [0.15, 0.2) is 0 Å². The van der Waals surface area contributed by atoms with Crippen molar-refractivity contribution in [3.63, 3.8) is 0 Å². The highest BCUT2D eigenvalue weighted by Crippen LogP contribution is 2.24. The molecule has 1 N–H and O–H groups in total. The van der Waals surface area contributed by atoms with Crippen molar-refractivity contribution in [2.45, 2.75) is 25.9 Å². The van der Waals surface area contributed by atoms with Gasteiger partial charge in [-0.15, -0.1) is 0 Å². The zero-order chi connectivity index (χ0) is 17.1. The summed E-state index contributed by atoms with van der Waals surface area (Å²) in [6.45, 7) is 2.26. The van der Waals surface area contributed by atoms with E-state index in [1.165, 1.54) is 0 Å². The molecule has 0 radical (unpaired) electrons. The van der Waals surface area contributed by atoms with Crippen molar-refractivity contribution in [2.75, 3.05) is 13.1 Å². The van der Waals surface area contributed by atoms with Gasteiger partial charge in [0.1, 0.15) is 12.4 Å². The van der Waals surface area contributed by atoms with E-state index in [0.717, 1.165) is 53.8 Å². The van der Waals surface area contributed by atoms with Gasteiger partial charge in [0.05, 0.1) is 17.6 Å². The molecule has 0 aliphatic carbocycles. The molecular weight excluding hydrogens is 314 g/mol. The van der Waals surface area contributed by atoms with Crippen molar-refractivity contribution in [3.8, 4) is 5.75 Å². The van der Waals surface area contributed by atoms with E-state index in [1.54, 1.807) is 0 Å². The summed E-state index contributed by atoms with van der Waals surface area (Å²) in [7, 11) is 0. The Balaban J connectivity index is 1.50. The van der Waals surface area contributed by atoms with Crippen LogP contribution in [-0.2, 0) is 17.8 Å². The van der Waals surface area contributed by atoms with Crippen molar-refractivity contribution in [2.24, 2.45) is 0 Å². The van der Waals surface area contributed by atoms with Crippen LogP contribution in [0.15, 0.2) is 48.5 Å². The quantitative estimate of drug-likeness (QED) is 0.778. The summed E-state index contributed by atoms with van der Waals surface area (Å²) in [6, 6.07) is 15.9. The van der Waals surface area contributed by atoms with Crippen LogP contribution >= 0.6 is 0 Å². The largest absolute Gasteiger partial charge is 0.489 e. The molecule has 0 saturated carbocycles. The molecule has 5 heteroatoms. The number of benzene rings is 2. The van der Waals surface area contributed by atoms with Crippen LogP contribution in [-0.4, -0.2) is 34.1 Å². The summed E-state index contributed by atoms with van der Waals surface area (Å²) in [5, 5.41) is 8.28. The lowest BCUT2D eigenvalue weighted by Crippen LogP contribution is -2.29. The fourth-order valence-corrected chi connectivity index (χ4v) is 3.24. The Labute approximate surface area is 146 Å². The van der Waals surface area contributed by atoms with E-state index in [2.05, 4.69) is 10.2 Å². The van der Waals surface area contributed by atoms with Crippen LogP contribution < -0.4 is 4.74 Å². The van der Waals surface area contributed by atoms with Crippen LogP contribution in [0.2, 0.25) is 0 Å². The predicted molar refractivity (Wildman–Crippen MR) is 96.4 cm³/mol. The smallest absolute Gasteiger partial charge is 0.228 e. The molecule has 1 fully saturated rings. The van der Waals surface area contributed by atoms with Crippen molar-refractivity contribution in [1.82, 2.24) is 15.1 Å². The summed E-state index contributed by atoms with van der Waals surface area (Å²) >= 11 is 0. The monoisotopic (exact) mass is 335 g/mol. The minimum absolute atomic E-state index is 0.165. The number of aromatic amines is 1. The number of carbonyl (C=O) groups is 1. The molecule has 0 unspecified atom stereocenters. The van der Waals surface area contributed by atoms with Crippen LogP contribution in [0.5, 0.6) is 5.75 Å². The highest BCUT2D eigenvalue weighted by Gasteiger charge is 2.20. The number of aromatic nitrogens is 2. The summed E-state index contributed by atoms with van der Waals surface area (Å²) in [4.78, 5) is 14.3. The number of nitrogens with one attached hydrogen (secondary N) is 1. The first-order valence-electron chi connectivity index (χ1n) is 8.71. The number of amides is 1. The highest BCUT2D eigenvalue weighted by molar-refractivity contribution is 5.88. The molecule has 1 saturated heterocycles. The van der Waals surface area contributed by atoms with Gasteiger partial charge in [-0.25, -0.2) is 0 Å². The molecule has 1 amide bonds. The Morgan fingerprint density at radius 2 is 1.92 bits per heavy atom. The van der Waals surface area contributed by atoms with Gasteiger partial charge in [-0.05, 0) is 36.6 Å². The number of carbonyl (C=O) groups excluding carboxylic acids is 1.